The fourth-order valence-corrected chi connectivity index (χ4v) is 5.17. The summed E-state index contributed by atoms with van der Waals surface area (Å²) in [4.78, 5) is 0. The van der Waals surface area contributed by atoms with E-state index in [4.69, 9.17) is 23.4 Å². The molecule has 0 unspecified atom stereocenters. The Morgan fingerprint density at radius 2 is 1.67 bits per heavy atom. The molecule has 39 heavy (non-hydrogen) atoms. The lowest BCUT2D eigenvalue weighted by atomic mass is 10.1. The van der Waals surface area contributed by atoms with Crippen molar-refractivity contribution in [1.82, 2.24) is 0 Å². The van der Waals surface area contributed by atoms with E-state index in [1.807, 2.05) is 54.6 Å². The van der Waals surface area contributed by atoms with Crippen LogP contribution in [-0.2, 0) is 31.9 Å². The average Bonchev–Trinajstić information content (AvgIpc) is 3.01. The van der Waals surface area contributed by atoms with Crippen molar-refractivity contribution in [1.29, 1.82) is 0 Å². The molecule has 0 fully saturated rings. The van der Waals surface area contributed by atoms with Crippen molar-refractivity contribution in [3.63, 3.8) is 0 Å². The van der Waals surface area contributed by atoms with E-state index in [1.165, 1.54) is 0 Å². The Morgan fingerprint density at radius 3 is 2.33 bits per heavy atom. The number of benzene rings is 2. The summed E-state index contributed by atoms with van der Waals surface area (Å²) in [6.45, 7) is 12.8. The summed E-state index contributed by atoms with van der Waals surface area (Å²) in [5.41, 5.74) is 2.15. The molecule has 1 N–H and O–H groups in total. The van der Waals surface area contributed by atoms with Crippen LogP contribution in [0.2, 0.25) is 18.1 Å². The second-order valence-corrected chi connectivity index (χ2v) is 16.6. The zero-order valence-corrected chi connectivity index (χ0v) is 25.6. The highest BCUT2D eigenvalue weighted by molar-refractivity contribution is 6.74. The highest BCUT2D eigenvalue weighted by Crippen LogP contribution is 2.37. The summed E-state index contributed by atoms with van der Waals surface area (Å²) in [5.74, 6) is 0.821. The third kappa shape index (κ3) is 10.2. The lowest BCUT2D eigenvalue weighted by molar-refractivity contribution is -0.155. The van der Waals surface area contributed by atoms with Crippen molar-refractivity contribution in [2.45, 2.75) is 95.8 Å². The Balaban J connectivity index is 1.71. The van der Waals surface area contributed by atoms with Gasteiger partial charge >= 0.3 is 0 Å². The van der Waals surface area contributed by atoms with Crippen LogP contribution in [0.5, 0.6) is 5.75 Å². The Labute approximate surface area is 236 Å². The van der Waals surface area contributed by atoms with Gasteiger partial charge in [-0.1, -0.05) is 75.4 Å². The van der Waals surface area contributed by atoms with E-state index in [0.29, 0.717) is 26.2 Å². The second-order valence-electron chi connectivity index (χ2n) is 11.8. The first-order valence-corrected chi connectivity index (χ1v) is 17.0. The summed E-state index contributed by atoms with van der Waals surface area (Å²) >= 11 is 0. The molecule has 0 aliphatic carbocycles. The van der Waals surface area contributed by atoms with Crippen LogP contribution in [0.3, 0.4) is 0 Å². The van der Waals surface area contributed by atoms with Crippen LogP contribution in [0.25, 0.3) is 0 Å². The number of rotatable bonds is 12. The van der Waals surface area contributed by atoms with Gasteiger partial charge in [0.25, 0.3) is 0 Å². The van der Waals surface area contributed by atoms with Crippen molar-refractivity contribution in [2.24, 2.45) is 0 Å². The molecule has 4 atom stereocenters. The molecule has 6 nitrogen and oxygen atoms in total. The number of allylic oxidation sites excluding steroid dienone is 1. The zero-order chi connectivity index (χ0) is 28.3. The van der Waals surface area contributed by atoms with E-state index in [9.17, 15) is 5.11 Å². The molecule has 1 aliphatic rings. The number of aliphatic hydroxyl groups excluding tert-OH is 1. The van der Waals surface area contributed by atoms with Crippen LogP contribution in [0, 0.1) is 0 Å². The molecule has 3 rings (SSSR count). The van der Waals surface area contributed by atoms with Gasteiger partial charge in [-0.3, -0.25) is 0 Å². The van der Waals surface area contributed by atoms with E-state index in [-0.39, 0.29) is 23.9 Å². The Morgan fingerprint density at radius 1 is 0.974 bits per heavy atom. The fourth-order valence-electron chi connectivity index (χ4n) is 4.16. The summed E-state index contributed by atoms with van der Waals surface area (Å²) in [6.07, 6.45) is 4.87. The maximum atomic E-state index is 11.1. The minimum Gasteiger partial charge on any atom is -0.497 e. The molecule has 1 aliphatic heterocycles. The average molecular weight is 557 g/mol. The van der Waals surface area contributed by atoms with Crippen LogP contribution < -0.4 is 4.74 Å². The van der Waals surface area contributed by atoms with Crippen molar-refractivity contribution in [3.05, 3.63) is 77.9 Å². The maximum absolute atomic E-state index is 11.1. The minimum atomic E-state index is -2.02. The molecule has 0 saturated heterocycles. The first kappa shape index (κ1) is 31.5. The molecular formula is C32H48O6Si. The predicted molar refractivity (Wildman–Crippen MR) is 158 cm³/mol. The van der Waals surface area contributed by atoms with Crippen LogP contribution in [-0.4, -0.2) is 58.2 Å². The molecule has 0 bridgehead atoms. The van der Waals surface area contributed by atoms with Gasteiger partial charge in [0.2, 0.25) is 0 Å². The van der Waals surface area contributed by atoms with Crippen LogP contribution in [0.4, 0.5) is 0 Å². The summed E-state index contributed by atoms with van der Waals surface area (Å²) in [7, 11) is -0.352. The van der Waals surface area contributed by atoms with E-state index in [0.717, 1.165) is 29.7 Å². The standard InChI is InChI=1S/C32H48O6Si/c1-32(2,3)39(5,6)37-24-31-30(36-22-26-17-19-27(34-4)20-18-26)16-12-8-11-15-29(38-31)28(33)23-35-21-25-13-9-7-10-14-25/h7-11,13-14,17-20,28-31,33H,12,15-16,21-24H2,1-6H3/b11-8-/t28-,29-,30-,31+/m1/s1. The largest absolute Gasteiger partial charge is 0.497 e. The van der Waals surface area contributed by atoms with Crippen molar-refractivity contribution < 1.29 is 28.5 Å². The lowest BCUT2D eigenvalue weighted by Gasteiger charge is -2.39. The Kier molecular flexibility index (Phi) is 12.2. The second kappa shape index (κ2) is 15.1. The molecule has 1 heterocycles. The summed E-state index contributed by atoms with van der Waals surface area (Å²) < 4.78 is 30.9. The number of ether oxygens (including phenoxy) is 4. The SMILES string of the molecule is COc1ccc(CO[C@@H]2CC/C=C\C[C@H]([C@H](O)COCc3ccccc3)O[C@H]2CO[Si](C)(C)C(C)(C)C)cc1. The van der Waals surface area contributed by atoms with Gasteiger partial charge in [-0.25, -0.2) is 0 Å². The van der Waals surface area contributed by atoms with Crippen molar-refractivity contribution >= 4 is 8.32 Å². The van der Waals surface area contributed by atoms with Gasteiger partial charge in [0.15, 0.2) is 8.32 Å². The number of methoxy groups -OCH3 is 1. The molecule has 0 spiro atoms. The van der Waals surface area contributed by atoms with Crippen molar-refractivity contribution in [3.8, 4) is 5.75 Å². The van der Waals surface area contributed by atoms with Crippen LogP contribution in [0.1, 0.15) is 51.2 Å². The molecular weight excluding hydrogens is 508 g/mol. The summed E-state index contributed by atoms with van der Waals surface area (Å²) in [5, 5.41) is 11.2. The lowest BCUT2D eigenvalue weighted by Crippen LogP contribution is -2.47. The quantitative estimate of drug-likeness (QED) is 0.233. The van der Waals surface area contributed by atoms with Crippen LogP contribution >= 0.6 is 0 Å². The van der Waals surface area contributed by atoms with E-state index < -0.39 is 20.5 Å². The smallest absolute Gasteiger partial charge is 0.192 e. The molecule has 2 aromatic rings. The molecule has 0 aromatic heterocycles. The fraction of sp³-hybridized carbons (Fsp3) is 0.562. The summed E-state index contributed by atoms with van der Waals surface area (Å²) in [6, 6.07) is 17.9. The Hall–Kier alpha value is -2.00. The maximum Gasteiger partial charge on any atom is 0.192 e. The van der Waals surface area contributed by atoms with Gasteiger partial charge in [0.05, 0.1) is 45.7 Å². The van der Waals surface area contributed by atoms with E-state index >= 15 is 0 Å². The van der Waals surface area contributed by atoms with Gasteiger partial charge in [-0.05, 0) is 60.7 Å². The van der Waals surface area contributed by atoms with Gasteiger partial charge in [-0.2, -0.15) is 0 Å². The number of aliphatic hydroxyl groups is 1. The normalized spacial score (nSPS) is 22.4. The van der Waals surface area contributed by atoms with Crippen LogP contribution in [0.15, 0.2) is 66.7 Å². The first-order valence-electron chi connectivity index (χ1n) is 14.1. The highest BCUT2D eigenvalue weighted by Gasteiger charge is 2.39. The molecule has 0 radical (unpaired) electrons. The minimum absolute atomic E-state index is 0.0801. The van der Waals surface area contributed by atoms with E-state index in [2.05, 4.69) is 46.0 Å². The topological polar surface area (TPSA) is 66.4 Å². The van der Waals surface area contributed by atoms with E-state index in [1.54, 1.807) is 7.11 Å². The van der Waals surface area contributed by atoms with Gasteiger partial charge in [0.1, 0.15) is 18.0 Å². The third-order valence-corrected chi connectivity index (χ3v) is 12.3. The van der Waals surface area contributed by atoms with Crippen molar-refractivity contribution in [2.75, 3.05) is 20.3 Å². The highest BCUT2D eigenvalue weighted by atomic mass is 28.4. The number of hydrogen-bond donors (Lipinski definition) is 1. The molecule has 0 amide bonds. The number of hydrogen-bond acceptors (Lipinski definition) is 6. The molecule has 7 heteroatoms. The van der Waals surface area contributed by atoms with Gasteiger partial charge in [0, 0.05) is 0 Å². The molecule has 0 saturated carbocycles. The third-order valence-electron chi connectivity index (χ3n) is 7.78. The zero-order valence-electron chi connectivity index (χ0n) is 24.6. The molecule has 216 valence electrons. The Bertz CT molecular complexity index is 986. The first-order chi connectivity index (χ1) is 18.6. The van der Waals surface area contributed by atoms with Gasteiger partial charge in [-0.15, -0.1) is 0 Å². The monoisotopic (exact) mass is 556 g/mol. The molecule has 2 aromatic carbocycles. The predicted octanol–water partition coefficient (Wildman–Crippen LogP) is 6.67. The van der Waals surface area contributed by atoms with Gasteiger partial charge < -0.3 is 28.5 Å².